The molecule has 0 aromatic heterocycles. The summed E-state index contributed by atoms with van der Waals surface area (Å²) in [5, 5.41) is 42.7. The fourth-order valence-electron chi connectivity index (χ4n) is 4.09. The Bertz CT molecular complexity index is 787. The molecule has 2 bridgehead atoms. The molecule has 6 heteroatoms. The fraction of sp³-hybridized carbons (Fsp3) is 0.412. The average Bonchev–Trinajstić information content (AvgIpc) is 2.71. The number of nitrogens with zero attached hydrogens (tertiary/aromatic N) is 3. The predicted octanol–water partition coefficient (Wildman–Crippen LogP) is 1.17. The molecule has 1 heterocycles. The lowest BCUT2D eigenvalue weighted by Gasteiger charge is -2.48. The van der Waals surface area contributed by atoms with Gasteiger partial charge in [-0.1, -0.05) is 37.3 Å². The molecule has 0 spiro atoms. The van der Waals surface area contributed by atoms with Gasteiger partial charge >= 0.3 is 0 Å². The largest absolute Gasteiger partial charge is 0.371 e. The highest BCUT2D eigenvalue weighted by atomic mass is 16.3. The summed E-state index contributed by atoms with van der Waals surface area (Å²) in [5.41, 5.74) is -4.74. The highest BCUT2D eigenvalue weighted by molar-refractivity contribution is 5.92. The van der Waals surface area contributed by atoms with Crippen molar-refractivity contribution in [3.05, 3.63) is 35.9 Å². The van der Waals surface area contributed by atoms with Crippen LogP contribution in [0.5, 0.6) is 0 Å². The van der Waals surface area contributed by atoms with E-state index in [1.165, 1.54) is 6.92 Å². The van der Waals surface area contributed by atoms with Crippen LogP contribution in [0.3, 0.4) is 0 Å². The van der Waals surface area contributed by atoms with Crippen LogP contribution < -0.4 is 5.32 Å². The molecule has 0 radical (unpaired) electrons. The van der Waals surface area contributed by atoms with Crippen LogP contribution >= 0.6 is 0 Å². The Morgan fingerprint density at radius 2 is 1.78 bits per heavy atom. The Hall–Kier alpha value is -2.88. The van der Waals surface area contributed by atoms with E-state index in [4.69, 9.17) is 0 Å². The van der Waals surface area contributed by atoms with E-state index in [0.29, 0.717) is 5.56 Å². The lowest BCUT2D eigenvalue weighted by Crippen LogP contribution is -2.57. The second-order valence-electron chi connectivity index (χ2n) is 6.22. The number of hydrogen-bond donors (Lipinski definition) is 2. The molecule has 1 saturated heterocycles. The van der Waals surface area contributed by atoms with Gasteiger partial charge in [0.05, 0.1) is 18.2 Å². The van der Waals surface area contributed by atoms with Gasteiger partial charge in [0.1, 0.15) is 5.72 Å². The third kappa shape index (κ3) is 1.50. The van der Waals surface area contributed by atoms with Gasteiger partial charge in [0.25, 0.3) is 0 Å². The Morgan fingerprint density at radius 1 is 1.17 bits per heavy atom. The van der Waals surface area contributed by atoms with Gasteiger partial charge in [0.15, 0.2) is 10.8 Å². The molecular formula is C17H14N4O2. The van der Waals surface area contributed by atoms with Crippen molar-refractivity contribution in [3.63, 3.8) is 0 Å². The highest BCUT2D eigenvalue weighted by Crippen LogP contribution is 2.64. The van der Waals surface area contributed by atoms with Crippen LogP contribution in [0.4, 0.5) is 0 Å². The zero-order chi connectivity index (χ0) is 16.9. The molecule has 2 fully saturated rings. The summed E-state index contributed by atoms with van der Waals surface area (Å²) in [6.07, 6.45) is 0.00840. The van der Waals surface area contributed by atoms with Crippen molar-refractivity contribution in [1.29, 1.82) is 15.8 Å². The van der Waals surface area contributed by atoms with Crippen molar-refractivity contribution in [2.75, 3.05) is 0 Å². The smallest absolute Gasteiger partial charge is 0.245 e. The van der Waals surface area contributed by atoms with Crippen molar-refractivity contribution in [3.8, 4) is 18.2 Å². The summed E-state index contributed by atoms with van der Waals surface area (Å²) < 4.78 is 0. The van der Waals surface area contributed by atoms with Gasteiger partial charge in [-0.2, -0.15) is 15.8 Å². The van der Waals surface area contributed by atoms with Crippen LogP contribution in [-0.2, 0) is 4.79 Å². The highest BCUT2D eigenvalue weighted by Gasteiger charge is 2.77. The predicted molar refractivity (Wildman–Crippen MR) is 77.8 cm³/mol. The van der Waals surface area contributed by atoms with E-state index in [0.717, 1.165) is 0 Å². The third-order valence-electron chi connectivity index (χ3n) is 5.45. The zero-order valence-corrected chi connectivity index (χ0v) is 12.4. The first kappa shape index (κ1) is 15.0. The molecule has 2 aliphatic rings. The topological polar surface area (TPSA) is 121 Å². The standard InChI is InChI=1S/C17H14N4O2/c1-11-16(10-20)14(22)21-17(11,23)7-13(15(16,8-18)9-19)12-5-3-2-4-6-12/h2-6,11,13,23H,7H2,1H3,(H,21,22)/t11-,13+,16-,17+/m1/s1. The van der Waals surface area contributed by atoms with E-state index in [9.17, 15) is 25.7 Å². The number of nitrogens with one attached hydrogen (secondary N) is 1. The third-order valence-corrected chi connectivity index (χ3v) is 5.45. The number of carbonyl (C=O) groups is 1. The van der Waals surface area contributed by atoms with Crippen LogP contribution in [0.15, 0.2) is 30.3 Å². The number of aliphatic hydroxyl groups is 1. The summed E-state index contributed by atoms with van der Waals surface area (Å²) in [4.78, 5) is 12.5. The number of nitriles is 3. The maximum absolute atomic E-state index is 12.5. The molecule has 1 aromatic rings. The molecule has 1 aliphatic carbocycles. The first-order valence-electron chi connectivity index (χ1n) is 7.25. The van der Waals surface area contributed by atoms with Crippen LogP contribution in [0, 0.1) is 50.7 Å². The Labute approximate surface area is 133 Å². The van der Waals surface area contributed by atoms with E-state index in [1.807, 2.05) is 18.2 Å². The lowest BCUT2D eigenvalue weighted by atomic mass is 9.48. The summed E-state index contributed by atoms with van der Waals surface area (Å²) in [5.74, 6) is -2.37. The molecule has 3 rings (SSSR count). The van der Waals surface area contributed by atoms with Crippen LogP contribution in [0.25, 0.3) is 0 Å². The van der Waals surface area contributed by atoms with Crippen molar-refractivity contribution in [1.82, 2.24) is 5.32 Å². The maximum atomic E-state index is 12.5. The molecule has 0 unspecified atom stereocenters. The van der Waals surface area contributed by atoms with E-state index in [2.05, 4.69) is 5.32 Å². The first-order valence-corrected chi connectivity index (χ1v) is 7.25. The molecule has 1 saturated carbocycles. The van der Waals surface area contributed by atoms with E-state index in [-0.39, 0.29) is 6.42 Å². The lowest BCUT2D eigenvalue weighted by molar-refractivity contribution is -0.130. The van der Waals surface area contributed by atoms with Crippen molar-refractivity contribution in [2.45, 2.75) is 25.0 Å². The minimum atomic E-state index is -1.91. The number of carbonyl (C=O) groups excluding carboxylic acids is 1. The molecule has 23 heavy (non-hydrogen) atoms. The van der Waals surface area contributed by atoms with Gasteiger partial charge in [-0.05, 0) is 5.56 Å². The van der Waals surface area contributed by atoms with Crippen molar-refractivity contribution in [2.24, 2.45) is 16.7 Å². The number of fused-ring (bicyclic) bond motifs is 2. The minimum Gasteiger partial charge on any atom is -0.371 e. The summed E-state index contributed by atoms with van der Waals surface area (Å²) in [6.45, 7) is 1.53. The fourth-order valence-corrected chi connectivity index (χ4v) is 4.09. The molecule has 2 N–H and O–H groups in total. The summed E-state index contributed by atoms with van der Waals surface area (Å²) in [6, 6.07) is 14.6. The molecule has 4 atom stereocenters. The number of hydrogen-bond acceptors (Lipinski definition) is 5. The molecule has 1 amide bonds. The van der Waals surface area contributed by atoms with Crippen molar-refractivity contribution >= 4 is 5.91 Å². The second-order valence-corrected chi connectivity index (χ2v) is 6.22. The van der Waals surface area contributed by atoms with Gasteiger partial charge in [0, 0.05) is 18.3 Å². The minimum absolute atomic E-state index is 0.00840. The Morgan fingerprint density at radius 3 is 2.30 bits per heavy atom. The van der Waals surface area contributed by atoms with Gasteiger partial charge < -0.3 is 10.4 Å². The number of amides is 1. The second kappa shape index (κ2) is 4.56. The normalized spacial score (nSPS) is 37.1. The van der Waals surface area contributed by atoms with Crippen LogP contribution in [0.1, 0.15) is 24.8 Å². The van der Waals surface area contributed by atoms with E-state index < -0.39 is 34.3 Å². The average molecular weight is 306 g/mol. The Balaban J connectivity index is 2.34. The SMILES string of the molecule is C[C@H]1[C@@]2(O)C[C@@H](c3ccccc3)C(C#N)(C#N)[C@@]1(C#N)C(=O)N2. The van der Waals surface area contributed by atoms with E-state index >= 15 is 0 Å². The van der Waals surface area contributed by atoms with Crippen LogP contribution in [0.2, 0.25) is 0 Å². The first-order chi connectivity index (χ1) is 10.9. The quantitative estimate of drug-likeness (QED) is 0.806. The van der Waals surface area contributed by atoms with Gasteiger partial charge in [-0.15, -0.1) is 0 Å². The van der Waals surface area contributed by atoms with Crippen molar-refractivity contribution < 1.29 is 9.90 Å². The molecule has 114 valence electrons. The number of benzene rings is 1. The monoisotopic (exact) mass is 306 g/mol. The summed E-state index contributed by atoms with van der Waals surface area (Å²) in [7, 11) is 0. The van der Waals surface area contributed by atoms with Gasteiger partial charge in [-0.3, -0.25) is 4.79 Å². The zero-order valence-electron chi connectivity index (χ0n) is 12.4. The summed E-state index contributed by atoms with van der Waals surface area (Å²) >= 11 is 0. The molecule has 1 aliphatic heterocycles. The van der Waals surface area contributed by atoms with E-state index in [1.54, 1.807) is 30.3 Å². The molecule has 6 nitrogen and oxygen atoms in total. The maximum Gasteiger partial charge on any atom is 0.245 e. The molecule has 1 aromatic carbocycles. The molecular weight excluding hydrogens is 292 g/mol. The number of rotatable bonds is 1. The van der Waals surface area contributed by atoms with Crippen LogP contribution in [-0.4, -0.2) is 16.7 Å². The van der Waals surface area contributed by atoms with Gasteiger partial charge in [-0.25, -0.2) is 0 Å². The Kier molecular flexibility index (Phi) is 2.98. The van der Waals surface area contributed by atoms with Gasteiger partial charge in [0.2, 0.25) is 5.91 Å².